The molecule has 1 atom stereocenters. The van der Waals surface area contributed by atoms with Gasteiger partial charge in [0.15, 0.2) is 5.60 Å². The maximum atomic E-state index is 11.8. The van der Waals surface area contributed by atoms with Gasteiger partial charge in [0.05, 0.1) is 0 Å². The first-order valence-corrected chi connectivity index (χ1v) is 3.10. The van der Waals surface area contributed by atoms with E-state index in [4.69, 9.17) is 5.11 Å². The van der Waals surface area contributed by atoms with Crippen LogP contribution >= 0.6 is 0 Å². The maximum Gasteiger partial charge on any atom is 0.416 e. The van der Waals surface area contributed by atoms with Crippen LogP contribution in [-0.4, -0.2) is 16.9 Å². The molecule has 10 heavy (non-hydrogen) atoms. The van der Waals surface area contributed by atoms with Gasteiger partial charge in [-0.3, -0.25) is 0 Å². The molecule has 62 valence electrons. The third-order valence-electron chi connectivity index (χ3n) is 1.35. The van der Waals surface area contributed by atoms with Crippen molar-refractivity contribution < 1.29 is 18.3 Å². The zero-order valence-corrected chi connectivity index (χ0v) is 6.00. The average Bonchev–Trinajstić information content (AvgIpc) is 1.61. The first-order chi connectivity index (χ1) is 4.31. The van der Waals surface area contributed by atoms with E-state index in [1.165, 1.54) is 0 Å². The molecular weight excluding hydrogens is 145 g/mol. The summed E-state index contributed by atoms with van der Waals surface area (Å²) < 4.78 is 35.3. The lowest BCUT2D eigenvalue weighted by molar-refractivity contribution is -0.255. The number of hydrogen-bond donors (Lipinski definition) is 1. The molecule has 0 saturated heterocycles. The van der Waals surface area contributed by atoms with E-state index in [9.17, 15) is 13.2 Å². The minimum Gasteiger partial charge on any atom is -0.381 e. The van der Waals surface area contributed by atoms with Crippen LogP contribution in [0.2, 0.25) is 0 Å². The van der Waals surface area contributed by atoms with Crippen molar-refractivity contribution in [1.29, 1.82) is 0 Å². The first kappa shape index (κ1) is 9.75. The molecule has 0 aliphatic rings. The summed E-state index contributed by atoms with van der Waals surface area (Å²) in [6, 6.07) is 0. The summed E-state index contributed by atoms with van der Waals surface area (Å²) in [5.41, 5.74) is -2.51. The topological polar surface area (TPSA) is 20.2 Å². The predicted octanol–water partition coefficient (Wildman–Crippen LogP) is 2.10. The molecule has 0 heterocycles. The van der Waals surface area contributed by atoms with Crippen LogP contribution in [0, 0.1) is 0 Å². The van der Waals surface area contributed by atoms with Crippen LogP contribution < -0.4 is 0 Å². The van der Waals surface area contributed by atoms with Gasteiger partial charge in [-0.1, -0.05) is 13.3 Å². The lowest BCUT2D eigenvalue weighted by Gasteiger charge is -2.25. The summed E-state index contributed by atoms with van der Waals surface area (Å²) in [5, 5.41) is 8.73. The largest absolute Gasteiger partial charge is 0.416 e. The van der Waals surface area contributed by atoms with Crippen molar-refractivity contribution in [2.75, 3.05) is 0 Å². The number of aliphatic hydroxyl groups is 1. The zero-order valence-electron chi connectivity index (χ0n) is 6.00. The van der Waals surface area contributed by atoms with Gasteiger partial charge in [-0.25, -0.2) is 0 Å². The molecule has 0 bridgehead atoms. The number of rotatable bonds is 2. The molecule has 0 aliphatic heterocycles. The fourth-order valence-corrected chi connectivity index (χ4v) is 0.629. The van der Waals surface area contributed by atoms with Crippen LogP contribution in [0.3, 0.4) is 0 Å². The van der Waals surface area contributed by atoms with Crippen molar-refractivity contribution in [2.45, 2.75) is 38.5 Å². The maximum absolute atomic E-state index is 11.8. The number of alkyl halides is 3. The average molecular weight is 156 g/mol. The molecule has 0 aromatic rings. The van der Waals surface area contributed by atoms with Gasteiger partial charge in [0.25, 0.3) is 0 Å². The highest BCUT2D eigenvalue weighted by Crippen LogP contribution is 2.33. The number of hydrogen-bond acceptors (Lipinski definition) is 1. The molecule has 0 amide bonds. The van der Waals surface area contributed by atoms with Gasteiger partial charge in [-0.2, -0.15) is 13.2 Å². The van der Waals surface area contributed by atoms with E-state index in [-0.39, 0.29) is 6.42 Å². The molecule has 0 spiro atoms. The smallest absolute Gasteiger partial charge is 0.381 e. The predicted molar refractivity (Wildman–Crippen MR) is 31.6 cm³/mol. The Morgan fingerprint density at radius 1 is 1.30 bits per heavy atom. The summed E-state index contributed by atoms with van der Waals surface area (Å²) in [7, 11) is 0. The molecule has 0 aliphatic carbocycles. The molecule has 0 radical (unpaired) electrons. The minimum atomic E-state index is -4.50. The van der Waals surface area contributed by atoms with Gasteiger partial charge in [0.1, 0.15) is 0 Å². The summed E-state index contributed by atoms with van der Waals surface area (Å²) in [4.78, 5) is 0. The Kier molecular flexibility index (Phi) is 2.71. The molecule has 1 N–H and O–H groups in total. The van der Waals surface area contributed by atoms with E-state index in [1.54, 1.807) is 6.92 Å². The highest BCUT2D eigenvalue weighted by Gasteiger charge is 2.48. The lowest BCUT2D eigenvalue weighted by atomic mass is 10.0. The van der Waals surface area contributed by atoms with Crippen molar-refractivity contribution >= 4 is 0 Å². The van der Waals surface area contributed by atoms with Crippen molar-refractivity contribution in [1.82, 2.24) is 0 Å². The SMILES string of the molecule is CCC[C@](C)(O)C(F)(F)F. The van der Waals surface area contributed by atoms with Gasteiger partial charge >= 0.3 is 6.18 Å². The Bertz CT molecular complexity index is 106. The van der Waals surface area contributed by atoms with Gasteiger partial charge in [0, 0.05) is 0 Å². The normalized spacial score (nSPS) is 18.6. The second-order valence-corrected chi connectivity index (χ2v) is 2.52. The van der Waals surface area contributed by atoms with E-state index in [0.717, 1.165) is 6.92 Å². The molecule has 0 aromatic heterocycles. The molecule has 0 saturated carbocycles. The Labute approximate surface area is 57.9 Å². The van der Waals surface area contributed by atoms with Crippen LogP contribution in [0.4, 0.5) is 13.2 Å². The second kappa shape index (κ2) is 2.78. The van der Waals surface area contributed by atoms with Crippen LogP contribution in [-0.2, 0) is 0 Å². The van der Waals surface area contributed by atoms with E-state index < -0.39 is 11.8 Å². The van der Waals surface area contributed by atoms with Crippen molar-refractivity contribution in [3.63, 3.8) is 0 Å². The fraction of sp³-hybridized carbons (Fsp3) is 1.00. The highest BCUT2D eigenvalue weighted by molar-refractivity contribution is 4.80. The number of halogens is 3. The molecule has 1 nitrogen and oxygen atoms in total. The molecule has 0 fully saturated rings. The van der Waals surface area contributed by atoms with Crippen molar-refractivity contribution in [3.8, 4) is 0 Å². The second-order valence-electron chi connectivity index (χ2n) is 2.52. The van der Waals surface area contributed by atoms with Crippen molar-refractivity contribution in [2.24, 2.45) is 0 Å². The van der Waals surface area contributed by atoms with Crippen LogP contribution in [0.25, 0.3) is 0 Å². The Balaban J connectivity index is 4.10. The van der Waals surface area contributed by atoms with E-state index in [1.807, 2.05) is 0 Å². The Hall–Kier alpha value is -0.250. The lowest BCUT2D eigenvalue weighted by Crippen LogP contribution is -2.41. The van der Waals surface area contributed by atoms with Gasteiger partial charge in [-0.05, 0) is 13.3 Å². The standard InChI is InChI=1S/C6H11F3O/c1-3-4-5(2,10)6(7,8)9/h10H,3-4H2,1-2H3/t5-/m0/s1. The third-order valence-corrected chi connectivity index (χ3v) is 1.35. The summed E-state index contributed by atoms with van der Waals surface area (Å²) in [5.74, 6) is 0. The monoisotopic (exact) mass is 156 g/mol. The van der Waals surface area contributed by atoms with Crippen LogP contribution in [0.5, 0.6) is 0 Å². The van der Waals surface area contributed by atoms with Crippen LogP contribution in [0.15, 0.2) is 0 Å². The van der Waals surface area contributed by atoms with Gasteiger partial charge in [0.2, 0.25) is 0 Å². The Morgan fingerprint density at radius 3 is 1.80 bits per heavy atom. The molecule has 4 heteroatoms. The summed E-state index contributed by atoms with van der Waals surface area (Å²) in [6.07, 6.45) is -4.41. The van der Waals surface area contributed by atoms with Gasteiger partial charge in [-0.15, -0.1) is 0 Å². The molecule has 0 unspecified atom stereocenters. The summed E-state index contributed by atoms with van der Waals surface area (Å²) >= 11 is 0. The van der Waals surface area contributed by atoms with E-state index >= 15 is 0 Å². The van der Waals surface area contributed by atoms with E-state index in [2.05, 4.69) is 0 Å². The van der Waals surface area contributed by atoms with Crippen LogP contribution in [0.1, 0.15) is 26.7 Å². The quantitative estimate of drug-likeness (QED) is 0.649. The molecule has 0 rings (SSSR count). The molecular formula is C6H11F3O. The fourth-order valence-electron chi connectivity index (χ4n) is 0.629. The summed E-state index contributed by atoms with van der Waals surface area (Å²) in [6.45, 7) is 2.39. The van der Waals surface area contributed by atoms with Crippen molar-refractivity contribution in [3.05, 3.63) is 0 Å². The third kappa shape index (κ3) is 2.17. The Morgan fingerprint density at radius 2 is 1.70 bits per heavy atom. The van der Waals surface area contributed by atoms with E-state index in [0.29, 0.717) is 6.42 Å². The molecule has 0 aromatic carbocycles. The van der Waals surface area contributed by atoms with Gasteiger partial charge < -0.3 is 5.11 Å². The minimum absolute atomic E-state index is 0.240. The first-order valence-electron chi connectivity index (χ1n) is 3.10. The highest BCUT2D eigenvalue weighted by atomic mass is 19.4. The zero-order chi connectivity index (χ0) is 8.41.